The molecule has 0 saturated carbocycles. The maximum Gasteiger partial charge on any atom is 0.342 e. The zero-order valence-corrected chi connectivity index (χ0v) is 11.1. The predicted molar refractivity (Wildman–Crippen MR) is 69.1 cm³/mol. The van der Waals surface area contributed by atoms with E-state index in [0.29, 0.717) is 12.1 Å². The summed E-state index contributed by atoms with van der Waals surface area (Å²) in [5.41, 5.74) is 0.410. The van der Waals surface area contributed by atoms with Crippen LogP contribution in [0.2, 0.25) is 0 Å². The molecule has 0 N–H and O–H groups in total. The highest BCUT2D eigenvalue weighted by atomic mass is 16.5. The minimum Gasteiger partial charge on any atom is -0.472 e. The Morgan fingerprint density at radius 1 is 1.50 bits per heavy atom. The fourth-order valence-corrected chi connectivity index (χ4v) is 1.39. The summed E-state index contributed by atoms with van der Waals surface area (Å²) < 4.78 is 9.97. The standard InChI is InChI=1S/C14H19NO3/c1-4-15(5-2)9-6-7-12(3)18-14(16)13-8-10-17-11-13/h8,10-12H,4-5,9H2,1-3H3/t12-/m1/s1. The first-order valence-corrected chi connectivity index (χ1v) is 6.11. The molecule has 1 aromatic heterocycles. The molecular weight excluding hydrogens is 230 g/mol. The second-order valence-electron chi connectivity index (χ2n) is 3.84. The lowest BCUT2D eigenvalue weighted by atomic mass is 10.3. The first-order valence-electron chi connectivity index (χ1n) is 6.11. The Bertz CT molecular complexity index is 410. The summed E-state index contributed by atoms with van der Waals surface area (Å²) in [5.74, 6) is 5.51. The van der Waals surface area contributed by atoms with Gasteiger partial charge in [-0.2, -0.15) is 0 Å². The Morgan fingerprint density at radius 3 is 2.78 bits per heavy atom. The van der Waals surface area contributed by atoms with Gasteiger partial charge >= 0.3 is 5.97 Å². The van der Waals surface area contributed by atoms with E-state index < -0.39 is 12.1 Å². The molecule has 1 aromatic rings. The Morgan fingerprint density at radius 2 is 2.22 bits per heavy atom. The average Bonchev–Trinajstić information content (AvgIpc) is 2.88. The molecule has 0 aliphatic carbocycles. The molecule has 0 saturated heterocycles. The van der Waals surface area contributed by atoms with Gasteiger partial charge in [-0.15, -0.1) is 0 Å². The summed E-state index contributed by atoms with van der Waals surface area (Å²) in [6.07, 6.45) is 2.38. The van der Waals surface area contributed by atoms with Gasteiger partial charge in [-0.05, 0) is 26.1 Å². The first-order chi connectivity index (χ1) is 8.67. The van der Waals surface area contributed by atoms with Crippen LogP contribution in [0.3, 0.4) is 0 Å². The number of hydrogen-bond acceptors (Lipinski definition) is 4. The zero-order valence-electron chi connectivity index (χ0n) is 11.1. The zero-order chi connectivity index (χ0) is 13.4. The quantitative estimate of drug-likeness (QED) is 0.592. The van der Waals surface area contributed by atoms with Crippen molar-refractivity contribution in [3.63, 3.8) is 0 Å². The SMILES string of the molecule is CCN(CC)CC#C[C@@H](C)OC(=O)c1ccoc1. The first kappa shape index (κ1) is 14.3. The third kappa shape index (κ3) is 4.64. The number of carbonyl (C=O) groups excluding carboxylic acids is 1. The van der Waals surface area contributed by atoms with Gasteiger partial charge in [0.2, 0.25) is 0 Å². The van der Waals surface area contributed by atoms with E-state index >= 15 is 0 Å². The number of hydrogen-bond donors (Lipinski definition) is 0. The normalized spacial score (nSPS) is 11.8. The summed E-state index contributed by atoms with van der Waals surface area (Å²) in [5, 5.41) is 0. The topological polar surface area (TPSA) is 42.7 Å². The van der Waals surface area contributed by atoms with E-state index in [1.165, 1.54) is 12.5 Å². The van der Waals surface area contributed by atoms with E-state index in [9.17, 15) is 4.79 Å². The van der Waals surface area contributed by atoms with E-state index in [4.69, 9.17) is 9.15 Å². The van der Waals surface area contributed by atoms with Crippen molar-refractivity contribution in [2.75, 3.05) is 19.6 Å². The maximum absolute atomic E-state index is 11.6. The molecule has 18 heavy (non-hydrogen) atoms. The molecule has 1 rings (SSSR count). The van der Waals surface area contributed by atoms with E-state index in [1.54, 1.807) is 13.0 Å². The molecule has 0 aliphatic rings. The van der Waals surface area contributed by atoms with Crippen molar-refractivity contribution in [2.45, 2.75) is 26.9 Å². The third-order valence-corrected chi connectivity index (χ3v) is 2.54. The van der Waals surface area contributed by atoms with Gasteiger partial charge in [0, 0.05) is 0 Å². The highest BCUT2D eigenvalue weighted by molar-refractivity contribution is 5.89. The highest BCUT2D eigenvalue weighted by Gasteiger charge is 2.10. The molecule has 4 nitrogen and oxygen atoms in total. The summed E-state index contributed by atoms with van der Waals surface area (Å²) in [6.45, 7) is 8.57. The van der Waals surface area contributed by atoms with Crippen molar-refractivity contribution in [2.24, 2.45) is 0 Å². The van der Waals surface area contributed by atoms with Gasteiger partial charge < -0.3 is 9.15 Å². The Labute approximate surface area is 108 Å². The van der Waals surface area contributed by atoms with E-state index in [1.807, 2.05) is 0 Å². The maximum atomic E-state index is 11.6. The molecule has 0 aromatic carbocycles. The smallest absolute Gasteiger partial charge is 0.342 e. The monoisotopic (exact) mass is 249 g/mol. The molecule has 0 spiro atoms. The van der Waals surface area contributed by atoms with Crippen LogP contribution in [0, 0.1) is 11.8 Å². The van der Waals surface area contributed by atoms with Gasteiger partial charge in [0.25, 0.3) is 0 Å². The fourth-order valence-electron chi connectivity index (χ4n) is 1.39. The summed E-state index contributed by atoms with van der Waals surface area (Å²) in [7, 11) is 0. The van der Waals surface area contributed by atoms with Crippen molar-refractivity contribution >= 4 is 5.97 Å². The second-order valence-corrected chi connectivity index (χ2v) is 3.84. The van der Waals surface area contributed by atoms with Crippen LogP contribution in [-0.4, -0.2) is 36.6 Å². The Hall–Kier alpha value is -1.73. The largest absolute Gasteiger partial charge is 0.472 e. The van der Waals surface area contributed by atoms with Gasteiger partial charge in [0.1, 0.15) is 6.26 Å². The molecule has 0 unspecified atom stereocenters. The molecular formula is C14H19NO3. The van der Waals surface area contributed by atoms with Crippen LogP contribution >= 0.6 is 0 Å². The molecule has 0 bridgehead atoms. The number of esters is 1. The minimum absolute atomic E-state index is 0.409. The van der Waals surface area contributed by atoms with Crippen LogP contribution in [-0.2, 0) is 4.74 Å². The van der Waals surface area contributed by atoms with Gasteiger partial charge in [-0.25, -0.2) is 4.79 Å². The van der Waals surface area contributed by atoms with Crippen molar-refractivity contribution in [1.29, 1.82) is 0 Å². The van der Waals surface area contributed by atoms with Crippen molar-refractivity contribution in [1.82, 2.24) is 4.90 Å². The third-order valence-electron chi connectivity index (χ3n) is 2.54. The number of furan rings is 1. The second kappa shape index (κ2) is 7.57. The van der Waals surface area contributed by atoms with Crippen LogP contribution in [0.5, 0.6) is 0 Å². The van der Waals surface area contributed by atoms with E-state index in [-0.39, 0.29) is 0 Å². The number of rotatable bonds is 5. The summed E-state index contributed by atoms with van der Waals surface area (Å²) in [6, 6.07) is 1.57. The predicted octanol–water partition coefficient (Wildman–Crippen LogP) is 2.17. The van der Waals surface area contributed by atoms with Crippen LogP contribution < -0.4 is 0 Å². The molecule has 1 heterocycles. The van der Waals surface area contributed by atoms with Gasteiger partial charge in [-0.1, -0.05) is 25.7 Å². The minimum atomic E-state index is -0.414. The fraction of sp³-hybridized carbons (Fsp3) is 0.500. The van der Waals surface area contributed by atoms with Gasteiger partial charge in [0.05, 0.1) is 18.4 Å². The molecule has 0 amide bonds. The lowest BCUT2D eigenvalue weighted by molar-refractivity contribution is 0.0437. The molecule has 1 atom stereocenters. The van der Waals surface area contributed by atoms with Crippen LogP contribution in [0.15, 0.2) is 23.0 Å². The van der Waals surface area contributed by atoms with E-state index in [0.717, 1.165) is 13.1 Å². The summed E-state index contributed by atoms with van der Waals surface area (Å²) >= 11 is 0. The van der Waals surface area contributed by atoms with Crippen LogP contribution in [0.1, 0.15) is 31.1 Å². The Kier molecular flexibility index (Phi) is 6.03. The van der Waals surface area contributed by atoms with Crippen LogP contribution in [0.25, 0.3) is 0 Å². The molecule has 98 valence electrons. The van der Waals surface area contributed by atoms with Crippen molar-refractivity contribution < 1.29 is 13.9 Å². The van der Waals surface area contributed by atoms with E-state index in [2.05, 4.69) is 30.6 Å². The van der Waals surface area contributed by atoms with Crippen molar-refractivity contribution in [3.8, 4) is 11.8 Å². The average molecular weight is 249 g/mol. The lowest BCUT2D eigenvalue weighted by Gasteiger charge is -2.13. The number of carbonyl (C=O) groups is 1. The van der Waals surface area contributed by atoms with Crippen molar-refractivity contribution in [3.05, 3.63) is 24.2 Å². The van der Waals surface area contributed by atoms with Crippen LogP contribution in [0.4, 0.5) is 0 Å². The highest BCUT2D eigenvalue weighted by Crippen LogP contribution is 2.04. The Balaban J connectivity index is 2.40. The molecule has 0 radical (unpaired) electrons. The number of ether oxygens (including phenoxy) is 1. The van der Waals surface area contributed by atoms with Gasteiger partial charge in [0.15, 0.2) is 6.10 Å². The molecule has 0 fully saturated rings. The molecule has 4 heteroatoms. The van der Waals surface area contributed by atoms with Gasteiger partial charge in [-0.3, -0.25) is 4.90 Å². The molecule has 0 aliphatic heterocycles. The summed E-state index contributed by atoms with van der Waals surface area (Å²) in [4.78, 5) is 13.8. The lowest BCUT2D eigenvalue weighted by Crippen LogP contribution is -2.23. The number of nitrogens with zero attached hydrogens (tertiary/aromatic N) is 1.